The van der Waals surface area contributed by atoms with Gasteiger partial charge in [-0.2, -0.15) is 0 Å². The molecule has 0 aromatic heterocycles. The monoisotopic (exact) mass is 908 g/mol. The van der Waals surface area contributed by atoms with E-state index in [1.54, 1.807) is 0 Å². The summed E-state index contributed by atoms with van der Waals surface area (Å²) >= 11 is 0. The maximum absolute atomic E-state index is 12.2. The topological polar surface area (TPSA) is 407 Å². The number of alkyl carbamates (subject to hydrolysis) is 2. The molecular formula is C32H57N6O22P. The molecule has 2 saturated heterocycles. The summed E-state index contributed by atoms with van der Waals surface area (Å²) in [5.74, 6) is -2.41. The molecule has 0 aromatic carbocycles. The van der Waals surface area contributed by atoms with Crippen molar-refractivity contribution < 1.29 is 106 Å². The van der Waals surface area contributed by atoms with Crippen LogP contribution in [-0.2, 0) is 61.2 Å². The van der Waals surface area contributed by atoms with Crippen LogP contribution in [0.2, 0.25) is 0 Å². The lowest BCUT2D eigenvalue weighted by atomic mass is 9.97. The van der Waals surface area contributed by atoms with Crippen LogP contribution in [0.4, 0.5) is 9.59 Å². The van der Waals surface area contributed by atoms with Gasteiger partial charge in [-0.05, 0) is 12.8 Å². The van der Waals surface area contributed by atoms with Crippen molar-refractivity contribution in [2.45, 2.75) is 94.1 Å². The maximum atomic E-state index is 12.2. The molecule has 2 rings (SSSR count). The molecule has 6 amide bonds. The number of carbonyl (C=O) groups excluding carboxylic acids is 6. The van der Waals surface area contributed by atoms with Gasteiger partial charge in [-0.15, -0.1) is 0 Å². The number of rotatable bonds is 25. The van der Waals surface area contributed by atoms with Crippen molar-refractivity contribution in [2.24, 2.45) is 0 Å². The average Bonchev–Trinajstić information content (AvgIpc) is 3.21. The first-order valence-electron chi connectivity index (χ1n) is 18.8. The molecule has 1 unspecified atom stereocenters. The van der Waals surface area contributed by atoms with E-state index < -0.39 is 151 Å². The number of aliphatic hydroxyl groups is 6. The van der Waals surface area contributed by atoms with Gasteiger partial charge in [-0.1, -0.05) is 0 Å². The Morgan fingerprint density at radius 3 is 1.39 bits per heavy atom. The zero-order valence-electron chi connectivity index (χ0n) is 33.5. The summed E-state index contributed by atoms with van der Waals surface area (Å²) in [7, 11) is -3.86. The molecule has 61 heavy (non-hydrogen) atoms. The standard InChI is InChI=1S/C32H57N6O22P/c1-16(41)37-23-27(47)25(45)19(12-39)58-29(23)54-8-4-6-33-21(43)10-35-31(49)56-14-18(60-61(51,52)53-3)15-57-32(50)36-11-22(44)34-7-5-9-55-30-24(38-17(2)42)28(48)26(46)20(13-40)59-30/h18-20,23-30,39-40,45-48H,4-15H2,1-3H3,(H,33,43)(H,34,44)(H,35,49)(H,36,50)(H,37,41)(H,38,42)(H,51,52)/t19-,20-,23-,24-,25+,26+,27-,28-,29-,30-/m1/s1. The molecule has 0 radical (unpaired) electrons. The smallest absolute Gasteiger partial charge is 0.447 e. The Bertz CT molecular complexity index is 1380. The fourth-order valence-electron chi connectivity index (χ4n) is 5.43. The van der Waals surface area contributed by atoms with Gasteiger partial charge in [0.1, 0.15) is 68.0 Å². The minimum Gasteiger partial charge on any atom is -0.447 e. The number of carbonyl (C=O) groups is 6. The minimum absolute atomic E-state index is 0.0294. The van der Waals surface area contributed by atoms with Crippen molar-refractivity contribution in [2.75, 3.05) is 72.9 Å². The van der Waals surface area contributed by atoms with Crippen LogP contribution in [0, 0.1) is 0 Å². The van der Waals surface area contributed by atoms with Crippen LogP contribution in [0.15, 0.2) is 0 Å². The largest absolute Gasteiger partial charge is 0.472 e. The van der Waals surface area contributed by atoms with E-state index in [4.69, 9.17) is 32.9 Å². The highest BCUT2D eigenvalue weighted by atomic mass is 31.2. The molecule has 2 fully saturated rings. The lowest BCUT2D eigenvalue weighted by Crippen LogP contribution is -2.64. The number of phosphoric acid groups is 1. The van der Waals surface area contributed by atoms with E-state index in [9.17, 15) is 68.9 Å². The highest BCUT2D eigenvalue weighted by Crippen LogP contribution is 2.43. The molecule has 13 N–H and O–H groups in total. The van der Waals surface area contributed by atoms with Gasteiger partial charge >= 0.3 is 20.0 Å². The summed E-state index contributed by atoms with van der Waals surface area (Å²) in [4.78, 5) is 81.6. The highest BCUT2D eigenvalue weighted by Gasteiger charge is 2.46. The van der Waals surface area contributed by atoms with Crippen molar-refractivity contribution >= 4 is 43.6 Å². The molecule has 11 atom stereocenters. The molecule has 2 aliphatic heterocycles. The summed E-state index contributed by atoms with van der Waals surface area (Å²) in [6, 6.07) is -2.29. The van der Waals surface area contributed by atoms with Crippen molar-refractivity contribution in [3.63, 3.8) is 0 Å². The second-order valence-electron chi connectivity index (χ2n) is 13.3. The zero-order chi connectivity index (χ0) is 45.7. The van der Waals surface area contributed by atoms with E-state index >= 15 is 0 Å². The van der Waals surface area contributed by atoms with Gasteiger partial charge in [-0.25, -0.2) is 14.2 Å². The molecule has 29 heteroatoms. The number of amides is 6. The summed E-state index contributed by atoms with van der Waals surface area (Å²) < 4.78 is 52.9. The second-order valence-corrected chi connectivity index (χ2v) is 14.8. The van der Waals surface area contributed by atoms with Crippen LogP contribution >= 0.6 is 7.82 Å². The van der Waals surface area contributed by atoms with E-state index in [1.807, 2.05) is 0 Å². The number of nitrogens with one attached hydrogen (secondary N) is 6. The summed E-state index contributed by atoms with van der Waals surface area (Å²) in [5.41, 5.74) is 0. The van der Waals surface area contributed by atoms with Crippen LogP contribution in [0.1, 0.15) is 26.7 Å². The lowest BCUT2D eigenvalue weighted by molar-refractivity contribution is -0.270. The molecule has 2 aliphatic rings. The molecule has 0 spiro atoms. The van der Waals surface area contributed by atoms with E-state index in [2.05, 4.69) is 36.4 Å². The molecule has 0 saturated carbocycles. The number of phosphoric ester groups is 1. The molecule has 352 valence electrons. The van der Waals surface area contributed by atoms with E-state index in [-0.39, 0.29) is 39.1 Å². The fourth-order valence-corrected chi connectivity index (χ4v) is 6.02. The van der Waals surface area contributed by atoms with Crippen LogP contribution in [0.25, 0.3) is 0 Å². The van der Waals surface area contributed by atoms with Crippen LogP contribution < -0.4 is 31.9 Å². The third-order valence-corrected chi connectivity index (χ3v) is 9.48. The Labute approximate surface area is 348 Å². The van der Waals surface area contributed by atoms with Gasteiger partial charge in [0.25, 0.3) is 0 Å². The van der Waals surface area contributed by atoms with Gasteiger partial charge < -0.3 is 95.9 Å². The normalized spacial score (nSPS) is 27.2. The fraction of sp³-hybridized carbons (Fsp3) is 0.812. The lowest BCUT2D eigenvalue weighted by Gasteiger charge is -2.42. The number of aliphatic hydroxyl groups excluding tert-OH is 6. The SMILES string of the molecule is COP(=O)(O)OC(COC(=O)NCC(=O)NCCCO[C@@H]1O[C@H](CO)[C@H](O)[C@H](O)[C@H]1NC(C)=O)COC(=O)NCC(=O)NCCCO[C@@H]1O[C@H](CO)[C@H](O)[C@H](O)[C@H]1NC(C)=O. The second kappa shape index (κ2) is 27.2. The summed E-state index contributed by atoms with van der Waals surface area (Å²) in [6.45, 7) is -1.68. The third-order valence-electron chi connectivity index (χ3n) is 8.45. The van der Waals surface area contributed by atoms with E-state index in [1.165, 1.54) is 13.8 Å². The quantitative estimate of drug-likeness (QED) is 0.0299. The van der Waals surface area contributed by atoms with Gasteiger partial charge in [0.2, 0.25) is 23.6 Å². The molecular weight excluding hydrogens is 851 g/mol. The first kappa shape index (κ1) is 53.3. The predicted octanol–water partition coefficient (Wildman–Crippen LogP) is -6.50. The first-order chi connectivity index (χ1) is 28.8. The first-order valence-corrected chi connectivity index (χ1v) is 20.3. The molecule has 0 aliphatic carbocycles. The summed E-state index contributed by atoms with van der Waals surface area (Å²) in [6.07, 6.45) is -14.3. The van der Waals surface area contributed by atoms with Crippen molar-refractivity contribution in [3.8, 4) is 0 Å². The molecule has 0 bridgehead atoms. The van der Waals surface area contributed by atoms with E-state index in [0.29, 0.717) is 0 Å². The highest BCUT2D eigenvalue weighted by molar-refractivity contribution is 7.47. The minimum atomic E-state index is -4.70. The number of hydrogen-bond acceptors (Lipinski definition) is 21. The van der Waals surface area contributed by atoms with Gasteiger partial charge in [0.15, 0.2) is 12.6 Å². The Morgan fingerprint density at radius 2 is 1.05 bits per heavy atom. The Balaban J connectivity index is 1.69. The van der Waals surface area contributed by atoms with Crippen molar-refractivity contribution in [1.29, 1.82) is 0 Å². The molecule has 28 nitrogen and oxygen atoms in total. The van der Waals surface area contributed by atoms with Gasteiger partial charge in [-0.3, -0.25) is 28.2 Å². The molecule has 0 aromatic rings. The Morgan fingerprint density at radius 1 is 0.656 bits per heavy atom. The van der Waals surface area contributed by atoms with Crippen molar-refractivity contribution in [1.82, 2.24) is 31.9 Å². The van der Waals surface area contributed by atoms with E-state index in [0.717, 1.165) is 7.11 Å². The number of hydrogen-bond donors (Lipinski definition) is 13. The van der Waals surface area contributed by atoms with Gasteiger partial charge in [0, 0.05) is 34.0 Å². The third kappa shape index (κ3) is 19.4. The van der Waals surface area contributed by atoms with Crippen LogP contribution in [-0.4, -0.2) is 212 Å². The predicted molar refractivity (Wildman–Crippen MR) is 198 cm³/mol. The maximum Gasteiger partial charge on any atom is 0.472 e. The van der Waals surface area contributed by atoms with Gasteiger partial charge in [0.05, 0.1) is 39.5 Å². The van der Waals surface area contributed by atoms with Crippen molar-refractivity contribution in [3.05, 3.63) is 0 Å². The Hall–Kier alpha value is -3.87. The Kier molecular flexibility index (Phi) is 23.8. The van der Waals surface area contributed by atoms with Crippen LogP contribution in [0.5, 0.6) is 0 Å². The zero-order valence-corrected chi connectivity index (χ0v) is 34.4. The summed E-state index contributed by atoms with van der Waals surface area (Å²) in [5, 5.41) is 73.6. The molecule has 2 heterocycles. The van der Waals surface area contributed by atoms with Crippen LogP contribution in [0.3, 0.4) is 0 Å². The number of ether oxygens (including phenoxy) is 6. The average molecular weight is 909 g/mol.